The number of methoxy groups -OCH3 is 1. The second-order valence-electron chi connectivity index (χ2n) is 6.52. The number of carbonyl (C=O) groups is 2. The van der Waals surface area contributed by atoms with E-state index in [2.05, 4.69) is 0 Å². The standard InChI is InChI=1S/C18H24ClNO5/c1-5-25-15-13(19)8-12(9-14(15)24-4)16(21)20-7-6-18(10-20,11(2)3)17(22)23/h8-9,11H,5-7,10H2,1-4H3,(H,22,23). The first-order chi connectivity index (χ1) is 11.8. The number of carboxylic acids is 1. The molecular weight excluding hydrogens is 346 g/mol. The van der Waals surface area contributed by atoms with Crippen molar-refractivity contribution in [2.75, 3.05) is 26.8 Å². The minimum atomic E-state index is -0.908. The Morgan fingerprint density at radius 2 is 2.08 bits per heavy atom. The number of benzene rings is 1. The normalized spacial score (nSPS) is 20.0. The predicted molar refractivity (Wildman–Crippen MR) is 94.6 cm³/mol. The summed E-state index contributed by atoms with van der Waals surface area (Å²) in [5.41, 5.74) is -0.551. The van der Waals surface area contributed by atoms with Gasteiger partial charge in [0.25, 0.3) is 5.91 Å². The summed E-state index contributed by atoms with van der Waals surface area (Å²) in [6.45, 7) is 6.58. The highest BCUT2D eigenvalue weighted by atomic mass is 35.5. The van der Waals surface area contributed by atoms with Crippen LogP contribution < -0.4 is 9.47 Å². The molecule has 7 heteroatoms. The maximum Gasteiger partial charge on any atom is 0.311 e. The molecule has 0 aliphatic carbocycles. The lowest BCUT2D eigenvalue weighted by Gasteiger charge is -2.28. The van der Waals surface area contributed by atoms with Crippen LogP contribution in [0, 0.1) is 11.3 Å². The summed E-state index contributed by atoms with van der Waals surface area (Å²) < 4.78 is 10.7. The van der Waals surface area contributed by atoms with Crippen molar-refractivity contribution in [3.8, 4) is 11.5 Å². The number of likely N-dealkylation sites (tertiary alicyclic amines) is 1. The second kappa shape index (κ2) is 7.52. The third-order valence-electron chi connectivity index (χ3n) is 4.88. The van der Waals surface area contributed by atoms with Crippen molar-refractivity contribution in [3.63, 3.8) is 0 Å². The average molecular weight is 370 g/mol. The highest BCUT2D eigenvalue weighted by Crippen LogP contribution is 2.40. The molecule has 1 fully saturated rings. The molecule has 1 aliphatic heterocycles. The van der Waals surface area contributed by atoms with Gasteiger partial charge < -0.3 is 19.5 Å². The van der Waals surface area contributed by atoms with E-state index in [1.54, 1.807) is 11.0 Å². The van der Waals surface area contributed by atoms with Gasteiger partial charge in [0.2, 0.25) is 0 Å². The Bertz CT molecular complexity index is 676. The van der Waals surface area contributed by atoms with Gasteiger partial charge in [0.05, 0.1) is 24.2 Å². The molecule has 0 saturated carbocycles. The highest BCUT2D eigenvalue weighted by molar-refractivity contribution is 6.32. The molecule has 1 atom stereocenters. The van der Waals surface area contributed by atoms with Crippen molar-refractivity contribution in [3.05, 3.63) is 22.7 Å². The van der Waals surface area contributed by atoms with E-state index in [0.29, 0.717) is 36.6 Å². The molecular formula is C18H24ClNO5. The summed E-state index contributed by atoms with van der Waals surface area (Å²) in [6, 6.07) is 3.11. The molecule has 0 spiro atoms. The molecule has 1 heterocycles. The number of aliphatic carboxylic acids is 1. The molecule has 1 aliphatic rings. The second-order valence-corrected chi connectivity index (χ2v) is 6.92. The summed E-state index contributed by atoms with van der Waals surface area (Å²) >= 11 is 6.23. The Morgan fingerprint density at radius 3 is 2.56 bits per heavy atom. The first-order valence-electron chi connectivity index (χ1n) is 8.29. The van der Waals surface area contributed by atoms with Crippen molar-refractivity contribution in [2.24, 2.45) is 11.3 Å². The summed E-state index contributed by atoms with van der Waals surface area (Å²) in [4.78, 5) is 26.2. The minimum absolute atomic E-state index is 0.0683. The molecule has 1 amide bonds. The molecule has 2 rings (SSSR count). The third-order valence-corrected chi connectivity index (χ3v) is 5.16. The van der Waals surface area contributed by atoms with Gasteiger partial charge in [-0.05, 0) is 31.4 Å². The molecule has 0 radical (unpaired) electrons. The van der Waals surface area contributed by atoms with Crippen LogP contribution in [0.4, 0.5) is 0 Å². The largest absolute Gasteiger partial charge is 0.493 e. The zero-order chi connectivity index (χ0) is 18.8. The number of halogens is 1. The van der Waals surface area contributed by atoms with Crippen molar-refractivity contribution in [2.45, 2.75) is 27.2 Å². The lowest BCUT2D eigenvalue weighted by molar-refractivity contribution is -0.150. The van der Waals surface area contributed by atoms with Crippen molar-refractivity contribution >= 4 is 23.5 Å². The van der Waals surface area contributed by atoms with Crippen LogP contribution in [0.15, 0.2) is 12.1 Å². The minimum Gasteiger partial charge on any atom is -0.493 e. The van der Waals surface area contributed by atoms with E-state index in [1.165, 1.54) is 13.2 Å². The van der Waals surface area contributed by atoms with E-state index in [4.69, 9.17) is 21.1 Å². The molecule has 1 N–H and O–H groups in total. The molecule has 0 bridgehead atoms. The van der Waals surface area contributed by atoms with Crippen LogP contribution in [0.1, 0.15) is 37.6 Å². The molecule has 0 aromatic heterocycles. The Balaban J connectivity index is 2.30. The number of hydrogen-bond donors (Lipinski definition) is 1. The number of nitrogens with zero attached hydrogens (tertiary/aromatic N) is 1. The van der Waals surface area contributed by atoms with Gasteiger partial charge in [-0.3, -0.25) is 9.59 Å². The fraction of sp³-hybridized carbons (Fsp3) is 0.556. The van der Waals surface area contributed by atoms with Gasteiger partial charge in [0.15, 0.2) is 11.5 Å². The van der Waals surface area contributed by atoms with E-state index >= 15 is 0 Å². The summed E-state index contributed by atoms with van der Waals surface area (Å²) in [6.07, 6.45) is 0.438. The van der Waals surface area contributed by atoms with Crippen LogP contribution in [0.2, 0.25) is 5.02 Å². The Hall–Kier alpha value is -1.95. The molecule has 138 valence electrons. The summed E-state index contributed by atoms with van der Waals surface area (Å²) in [5.74, 6) is -0.412. The molecule has 1 aromatic rings. The van der Waals surface area contributed by atoms with Gasteiger partial charge in [-0.1, -0.05) is 25.4 Å². The van der Waals surface area contributed by atoms with E-state index in [0.717, 1.165) is 0 Å². The van der Waals surface area contributed by atoms with Crippen LogP contribution in [0.5, 0.6) is 11.5 Å². The van der Waals surface area contributed by atoms with Gasteiger partial charge in [0.1, 0.15) is 0 Å². The Kier molecular flexibility index (Phi) is 5.83. The van der Waals surface area contributed by atoms with E-state index in [9.17, 15) is 14.7 Å². The van der Waals surface area contributed by atoms with Crippen molar-refractivity contribution in [1.82, 2.24) is 4.90 Å². The molecule has 1 unspecified atom stereocenters. The molecule has 25 heavy (non-hydrogen) atoms. The zero-order valence-electron chi connectivity index (χ0n) is 15.0. The van der Waals surface area contributed by atoms with Crippen LogP contribution in [-0.2, 0) is 4.79 Å². The monoisotopic (exact) mass is 369 g/mol. The van der Waals surface area contributed by atoms with E-state index in [1.807, 2.05) is 20.8 Å². The predicted octanol–water partition coefficient (Wildman–Crippen LogP) is 3.32. The summed E-state index contributed by atoms with van der Waals surface area (Å²) in [5, 5.41) is 9.92. The topological polar surface area (TPSA) is 76.1 Å². The number of carboxylic acid groups (broad SMARTS) is 1. The first kappa shape index (κ1) is 19.4. The fourth-order valence-electron chi connectivity index (χ4n) is 3.21. The number of carbonyl (C=O) groups excluding carboxylic acids is 1. The van der Waals surface area contributed by atoms with E-state index < -0.39 is 11.4 Å². The Labute approximate surface area is 152 Å². The molecule has 1 saturated heterocycles. The van der Waals surface area contributed by atoms with Crippen LogP contribution in [-0.4, -0.2) is 48.7 Å². The van der Waals surface area contributed by atoms with Gasteiger partial charge in [0, 0.05) is 18.7 Å². The van der Waals surface area contributed by atoms with Crippen LogP contribution >= 0.6 is 11.6 Å². The molecule has 6 nitrogen and oxygen atoms in total. The van der Waals surface area contributed by atoms with Crippen molar-refractivity contribution in [1.29, 1.82) is 0 Å². The average Bonchev–Trinajstić information content (AvgIpc) is 3.02. The maximum atomic E-state index is 12.8. The lowest BCUT2D eigenvalue weighted by Crippen LogP contribution is -2.40. The van der Waals surface area contributed by atoms with Gasteiger partial charge in [-0.15, -0.1) is 0 Å². The number of hydrogen-bond acceptors (Lipinski definition) is 4. The smallest absolute Gasteiger partial charge is 0.311 e. The fourth-order valence-corrected chi connectivity index (χ4v) is 3.47. The lowest BCUT2D eigenvalue weighted by atomic mass is 9.76. The number of ether oxygens (including phenoxy) is 2. The summed E-state index contributed by atoms with van der Waals surface area (Å²) in [7, 11) is 1.48. The SMILES string of the molecule is CCOc1c(Cl)cc(C(=O)N2CCC(C(=O)O)(C(C)C)C2)cc1OC. The van der Waals surface area contributed by atoms with E-state index in [-0.39, 0.29) is 23.4 Å². The Morgan fingerprint density at radius 1 is 1.40 bits per heavy atom. The van der Waals surface area contributed by atoms with Crippen molar-refractivity contribution < 1.29 is 24.2 Å². The van der Waals surface area contributed by atoms with Gasteiger partial charge in [-0.2, -0.15) is 0 Å². The van der Waals surface area contributed by atoms with Gasteiger partial charge >= 0.3 is 5.97 Å². The number of amides is 1. The molecule has 1 aromatic carbocycles. The van der Waals surface area contributed by atoms with Gasteiger partial charge in [-0.25, -0.2) is 0 Å². The quantitative estimate of drug-likeness (QED) is 0.832. The first-order valence-corrected chi connectivity index (χ1v) is 8.67. The zero-order valence-corrected chi connectivity index (χ0v) is 15.7. The highest BCUT2D eigenvalue weighted by Gasteiger charge is 2.48. The van der Waals surface area contributed by atoms with Crippen LogP contribution in [0.25, 0.3) is 0 Å². The van der Waals surface area contributed by atoms with Crippen LogP contribution in [0.3, 0.4) is 0 Å². The maximum absolute atomic E-state index is 12.8. The number of rotatable bonds is 6. The third kappa shape index (κ3) is 3.54.